The minimum atomic E-state index is -4.23. The molecule has 12 nitrogen and oxygen atoms in total. The lowest BCUT2D eigenvalue weighted by molar-refractivity contribution is 0.0941. The van der Waals surface area contributed by atoms with Gasteiger partial charge in [-0.15, -0.1) is 5.10 Å². The summed E-state index contributed by atoms with van der Waals surface area (Å²) in [5.74, 6) is 5.54. The normalized spacial score (nSPS) is 12.1. The number of fused-ring (bicyclic) bond motifs is 2. The fraction of sp³-hybridized carbons (Fsp3) is 0.100. The van der Waals surface area contributed by atoms with Crippen LogP contribution in [0.15, 0.2) is 85.5 Å². The molecule has 4 aromatic heterocycles. The Kier molecular flexibility index (Phi) is 7.43. The van der Waals surface area contributed by atoms with E-state index in [1.165, 1.54) is 10.7 Å². The molecule has 0 radical (unpaired) electrons. The predicted octanol–water partition coefficient (Wildman–Crippen LogP) is 3.64. The summed E-state index contributed by atoms with van der Waals surface area (Å²) in [7, 11) is -2.40. The Morgan fingerprint density at radius 3 is 2.61 bits per heavy atom. The molecule has 1 atom stereocenters. The number of carbonyl (C=O) groups is 1. The van der Waals surface area contributed by atoms with Crippen LogP contribution in [0.25, 0.3) is 22.1 Å². The topological polar surface area (TPSA) is 154 Å². The molecular formula is C30H25N9O3S2. The number of nitrogens with one attached hydrogen (secondary N) is 2. The SMILES string of the molecule is C[C@@H](NC(=O)c1c(NS(N)(=O)=O)nn2cccnc12)c1cc2cccc(C#Cc3cnn(C)c3)c2c(=S)n1-c1ccccc1. The lowest BCUT2D eigenvalue weighted by Crippen LogP contribution is -2.30. The maximum atomic E-state index is 13.7. The lowest BCUT2D eigenvalue weighted by atomic mass is 10.0. The Bertz CT molecular complexity index is 2300. The molecule has 0 aliphatic heterocycles. The largest absolute Gasteiger partial charge is 0.344 e. The van der Waals surface area contributed by atoms with Gasteiger partial charge in [-0.25, -0.2) is 14.6 Å². The third kappa shape index (κ3) is 5.66. The Labute approximate surface area is 257 Å². The molecule has 4 N–H and O–H groups in total. The van der Waals surface area contributed by atoms with E-state index in [0.29, 0.717) is 10.3 Å². The van der Waals surface area contributed by atoms with Crippen LogP contribution < -0.4 is 15.2 Å². The van der Waals surface area contributed by atoms with Gasteiger partial charge in [-0.1, -0.05) is 54.4 Å². The highest BCUT2D eigenvalue weighted by Gasteiger charge is 2.26. The van der Waals surface area contributed by atoms with Crippen LogP contribution in [0.3, 0.4) is 0 Å². The molecule has 0 bridgehead atoms. The van der Waals surface area contributed by atoms with Gasteiger partial charge in [-0.05, 0) is 42.6 Å². The summed E-state index contributed by atoms with van der Waals surface area (Å²) in [6, 6.07) is 18.3. The third-order valence-electron chi connectivity index (χ3n) is 6.79. The highest BCUT2D eigenvalue weighted by Crippen LogP contribution is 2.29. The second-order valence-corrected chi connectivity index (χ2v) is 11.6. The number of aromatic nitrogens is 6. The predicted molar refractivity (Wildman–Crippen MR) is 169 cm³/mol. The zero-order chi connectivity index (χ0) is 31.0. The Morgan fingerprint density at radius 2 is 1.89 bits per heavy atom. The number of nitrogens with two attached hydrogens (primary N) is 1. The Hall–Kier alpha value is -5.36. The van der Waals surface area contributed by atoms with Crippen molar-refractivity contribution in [2.24, 2.45) is 12.2 Å². The van der Waals surface area contributed by atoms with Crippen molar-refractivity contribution in [2.75, 3.05) is 4.72 Å². The lowest BCUT2D eigenvalue weighted by Gasteiger charge is -2.22. The molecule has 6 rings (SSSR count). The van der Waals surface area contributed by atoms with Gasteiger partial charge in [0.05, 0.1) is 17.8 Å². The van der Waals surface area contributed by atoms with Gasteiger partial charge >= 0.3 is 0 Å². The summed E-state index contributed by atoms with van der Waals surface area (Å²) in [6.45, 7) is 1.81. The van der Waals surface area contributed by atoms with E-state index in [4.69, 9.17) is 17.4 Å². The van der Waals surface area contributed by atoms with Crippen LogP contribution in [0.2, 0.25) is 0 Å². The number of para-hydroxylation sites is 1. The van der Waals surface area contributed by atoms with Crippen LogP contribution in [-0.4, -0.2) is 43.3 Å². The monoisotopic (exact) mass is 623 g/mol. The molecule has 0 saturated carbocycles. The third-order valence-corrected chi connectivity index (χ3v) is 7.65. The highest BCUT2D eigenvalue weighted by molar-refractivity contribution is 7.90. The first kappa shape index (κ1) is 28.7. The molecule has 44 heavy (non-hydrogen) atoms. The minimum Gasteiger partial charge on any atom is -0.344 e. The molecule has 0 unspecified atom stereocenters. The maximum absolute atomic E-state index is 13.7. The number of nitrogens with zero attached hydrogens (tertiary/aromatic N) is 6. The van der Waals surface area contributed by atoms with E-state index < -0.39 is 22.2 Å². The van der Waals surface area contributed by atoms with Crippen molar-refractivity contribution in [3.05, 3.63) is 112 Å². The Morgan fingerprint density at radius 1 is 1.09 bits per heavy atom. The summed E-state index contributed by atoms with van der Waals surface area (Å²) in [4.78, 5) is 18.0. The average molecular weight is 624 g/mol. The van der Waals surface area contributed by atoms with Gasteiger partial charge in [-0.2, -0.15) is 13.5 Å². The van der Waals surface area contributed by atoms with E-state index in [-0.39, 0.29) is 17.0 Å². The van der Waals surface area contributed by atoms with Gasteiger partial charge < -0.3 is 9.88 Å². The van der Waals surface area contributed by atoms with Crippen LogP contribution >= 0.6 is 12.2 Å². The number of amides is 1. The van der Waals surface area contributed by atoms with Crippen molar-refractivity contribution in [2.45, 2.75) is 13.0 Å². The number of pyridine rings is 1. The van der Waals surface area contributed by atoms with E-state index in [0.717, 1.165) is 27.6 Å². The summed E-state index contributed by atoms with van der Waals surface area (Å²) >= 11 is 6.09. The molecule has 0 aliphatic carbocycles. The first-order chi connectivity index (χ1) is 21.1. The fourth-order valence-electron chi connectivity index (χ4n) is 4.92. The van der Waals surface area contributed by atoms with Crippen molar-refractivity contribution >= 4 is 50.6 Å². The highest BCUT2D eigenvalue weighted by atomic mass is 32.2. The molecule has 2 aromatic carbocycles. The van der Waals surface area contributed by atoms with Gasteiger partial charge in [0.25, 0.3) is 16.1 Å². The fourth-order valence-corrected chi connectivity index (χ4v) is 5.77. The Balaban J connectivity index is 1.47. The standard InChI is InChI=1S/C30H25N9O3S2/c1-19(34-29(40)26-27(36-44(31,41)42)35-38-15-7-14-32-28(26)38)24-16-22-9-6-8-21(13-12-20-17-33-37(2)18-20)25(22)30(43)39(24)23-10-4-3-5-11-23/h3-11,14-19H,1-2H3,(H,34,40)(H,35,36)(H2,31,41,42)/t19-/m1/s1. The van der Waals surface area contributed by atoms with Crippen LogP contribution in [0.4, 0.5) is 5.82 Å². The average Bonchev–Trinajstić information content (AvgIpc) is 3.57. The zero-order valence-electron chi connectivity index (χ0n) is 23.5. The quantitative estimate of drug-likeness (QED) is 0.189. The van der Waals surface area contributed by atoms with Crippen molar-refractivity contribution in [3.8, 4) is 17.5 Å². The van der Waals surface area contributed by atoms with Gasteiger partial charge in [-0.3, -0.25) is 14.2 Å². The van der Waals surface area contributed by atoms with Crippen molar-refractivity contribution in [1.82, 2.24) is 34.3 Å². The number of rotatable bonds is 6. The summed E-state index contributed by atoms with van der Waals surface area (Å²) in [5, 5.41) is 18.1. The molecule has 0 fully saturated rings. The van der Waals surface area contributed by atoms with Crippen LogP contribution in [0.5, 0.6) is 0 Å². The van der Waals surface area contributed by atoms with E-state index in [1.807, 2.05) is 79.3 Å². The number of benzene rings is 2. The van der Waals surface area contributed by atoms with E-state index >= 15 is 0 Å². The summed E-state index contributed by atoms with van der Waals surface area (Å²) in [5.41, 5.74) is 3.08. The van der Waals surface area contributed by atoms with Gasteiger partial charge in [0.1, 0.15) is 10.2 Å². The van der Waals surface area contributed by atoms with E-state index in [2.05, 4.69) is 37.1 Å². The molecule has 6 aromatic rings. The van der Waals surface area contributed by atoms with Gasteiger partial charge in [0.15, 0.2) is 11.5 Å². The van der Waals surface area contributed by atoms with Crippen molar-refractivity contribution < 1.29 is 13.2 Å². The van der Waals surface area contributed by atoms with Crippen LogP contribution in [-0.2, 0) is 17.3 Å². The van der Waals surface area contributed by atoms with Gasteiger partial charge in [0.2, 0.25) is 0 Å². The second kappa shape index (κ2) is 11.4. The molecule has 4 heterocycles. The molecule has 0 spiro atoms. The molecule has 0 aliphatic rings. The second-order valence-electron chi connectivity index (χ2n) is 9.92. The zero-order valence-corrected chi connectivity index (χ0v) is 25.1. The molecule has 14 heteroatoms. The number of aryl methyl sites for hydroxylation is 1. The van der Waals surface area contributed by atoms with Crippen LogP contribution in [0.1, 0.15) is 40.1 Å². The number of carbonyl (C=O) groups excluding carboxylic acids is 1. The number of hydrogen-bond donors (Lipinski definition) is 3. The molecular weight excluding hydrogens is 599 g/mol. The molecule has 1 amide bonds. The smallest absolute Gasteiger partial charge is 0.297 e. The van der Waals surface area contributed by atoms with E-state index in [1.54, 1.807) is 23.1 Å². The van der Waals surface area contributed by atoms with Gasteiger partial charge in [0, 0.05) is 48.0 Å². The first-order valence-corrected chi connectivity index (χ1v) is 15.2. The van der Waals surface area contributed by atoms with Crippen molar-refractivity contribution in [3.63, 3.8) is 0 Å². The summed E-state index contributed by atoms with van der Waals surface area (Å²) in [6.07, 6.45) is 6.55. The van der Waals surface area contributed by atoms with E-state index in [9.17, 15) is 13.2 Å². The molecule has 220 valence electrons. The number of hydrogen-bond acceptors (Lipinski definition) is 7. The number of anilines is 1. The van der Waals surface area contributed by atoms with Crippen molar-refractivity contribution in [1.29, 1.82) is 0 Å². The first-order valence-electron chi connectivity index (χ1n) is 13.3. The molecule has 0 saturated heterocycles. The van der Waals surface area contributed by atoms with Crippen LogP contribution in [0, 0.1) is 16.5 Å². The minimum absolute atomic E-state index is 0.0786. The maximum Gasteiger partial charge on any atom is 0.297 e. The summed E-state index contributed by atoms with van der Waals surface area (Å²) < 4.78 is 31.2.